The molecule has 0 aliphatic heterocycles. The van der Waals surface area contributed by atoms with Crippen LogP contribution in [0.15, 0.2) is 30.3 Å². The molecule has 23 heavy (non-hydrogen) atoms. The Kier molecular flexibility index (Phi) is 8.87. The molecule has 0 unspecified atom stereocenters. The molecule has 0 heterocycles. The van der Waals surface area contributed by atoms with Gasteiger partial charge in [0.2, 0.25) is 0 Å². The molecule has 1 aromatic carbocycles. The van der Waals surface area contributed by atoms with Crippen LogP contribution < -0.4 is 5.32 Å². The molecule has 1 atom stereocenters. The van der Waals surface area contributed by atoms with Crippen molar-refractivity contribution in [2.45, 2.75) is 32.7 Å². The zero-order valence-electron chi connectivity index (χ0n) is 13.4. The molecule has 7 nitrogen and oxygen atoms in total. The summed E-state index contributed by atoms with van der Waals surface area (Å²) in [6.07, 6.45) is -0.704. The van der Waals surface area contributed by atoms with E-state index in [1.165, 1.54) is 0 Å². The first kappa shape index (κ1) is 19.6. The van der Waals surface area contributed by atoms with Crippen molar-refractivity contribution >= 4 is 13.7 Å². The lowest BCUT2D eigenvalue weighted by molar-refractivity contribution is 0.132. The average Bonchev–Trinajstić information content (AvgIpc) is 2.54. The van der Waals surface area contributed by atoms with Gasteiger partial charge in [0.25, 0.3) is 0 Å². The van der Waals surface area contributed by atoms with Crippen molar-refractivity contribution in [3.8, 4) is 0 Å². The molecule has 0 aliphatic rings. The lowest BCUT2D eigenvalue weighted by Gasteiger charge is -2.26. The smallest absolute Gasteiger partial charge is 0.408 e. The molecule has 0 saturated heterocycles. The highest BCUT2D eigenvalue weighted by Gasteiger charge is 2.36. The minimum atomic E-state index is -3.57. The summed E-state index contributed by atoms with van der Waals surface area (Å²) in [6, 6.07) is 9.18. The standard InChI is InChI=1S/C15H24NO6P/c1-3-21-23(19,22-4-2)14(10-11-17)16-15(18)20-12-13-8-6-5-7-9-13/h5-9,14,17H,3-4,10-12H2,1-2H3,(H,16,18)/t14-/m1/s1. The molecule has 0 radical (unpaired) electrons. The number of nitrogens with one attached hydrogen (secondary N) is 1. The van der Waals surface area contributed by atoms with Crippen LogP contribution in [0, 0.1) is 0 Å². The minimum Gasteiger partial charge on any atom is -0.445 e. The van der Waals surface area contributed by atoms with Crippen molar-refractivity contribution in [1.29, 1.82) is 0 Å². The van der Waals surface area contributed by atoms with Gasteiger partial charge in [0.1, 0.15) is 12.4 Å². The van der Waals surface area contributed by atoms with Crippen molar-refractivity contribution in [3.63, 3.8) is 0 Å². The van der Waals surface area contributed by atoms with Crippen molar-refractivity contribution < 1.29 is 28.3 Å². The monoisotopic (exact) mass is 345 g/mol. The predicted octanol–water partition coefficient (Wildman–Crippen LogP) is 2.89. The van der Waals surface area contributed by atoms with Gasteiger partial charge in [-0.2, -0.15) is 0 Å². The summed E-state index contributed by atoms with van der Waals surface area (Å²) in [7, 11) is -3.57. The van der Waals surface area contributed by atoms with Crippen LogP contribution in [0.1, 0.15) is 25.8 Å². The largest absolute Gasteiger partial charge is 0.445 e. The maximum atomic E-state index is 12.7. The second-order valence-corrected chi connectivity index (χ2v) is 6.83. The summed E-state index contributed by atoms with van der Waals surface area (Å²) >= 11 is 0. The van der Waals surface area contributed by atoms with Crippen molar-refractivity contribution in [1.82, 2.24) is 5.32 Å². The Labute approximate surface area is 136 Å². The molecule has 2 N–H and O–H groups in total. The Bertz CT molecular complexity index is 500. The molecule has 0 aromatic heterocycles. The maximum absolute atomic E-state index is 12.7. The summed E-state index contributed by atoms with van der Waals surface area (Å²) < 4.78 is 28.2. The molecule has 0 bridgehead atoms. The van der Waals surface area contributed by atoms with Crippen LogP contribution in [0.3, 0.4) is 0 Å². The van der Waals surface area contributed by atoms with E-state index in [0.29, 0.717) is 0 Å². The Morgan fingerprint density at radius 1 is 1.22 bits per heavy atom. The highest BCUT2D eigenvalue weighted by Crippen LogP contribution is 2.53. The lowest BCUT2D eigenvalue weighted by atomic mass is 10.2. The van der Waals surface area contributed by atoms with E-state index in [0.717, 1.165) is 5.56 Å². The zero-order chi connectivity index (χ0) is 17.1. The first-order valence-electron chi connectivity index (χ1n) is 7.52. The van der Waals surface area contributed by atoms with Crippen LogP contribution >= 0.6 is 7.60 Å². The number of amides is 1. The minimum absolute atomic E-state index is 0.0394. The number of hydrogen-bond donors (Lipinski definition) is 2. The van der Waals surface area contributed by atoms with Crippen LogP contribution in [-0.4, -0.2) is 36.8 Å². The number of alkyl carbamates (subject to hydrolysis) is 1. The Hall–Kier alpha value is -1.40. The number of ether oxygens (including phenoxy) is 1. The first-order valence-corrected chi connectivity index (χ1v) is 9.13. The molecule has 0 aliphatic carbocycles. The van der Waals surface area contributed by atoms with Gasteiger partial charge in [0.15, 0.2) is 0 Å². The third-order valence-corrected chi connectivity index (χ3v) is 5.29. The molecule has 1 amide bonds. The highest BCUT2D eigenvalue weighted by molar-refractivity contribution is 7.54. The van der Waals surface area contributed by atoms with E-state index in [-0.39, 0.29) is 32.8 Å². The van der Waals surface area contributed by atoms with Gasteiger partial charge in [-0.1, -0.05) is 30.3 Å². The second kappa shape index (κ2) is 10.4. The van der Waals surface area contributed by atoms with Crippen LogP contribution in [0.4, 0.5) is 4.79 Å². The third-order valence-electron chi connectivity index (χ3n) is 2.90. The number of hydrogen-bond acceptors (Lipinski definition) is 6. The Balaban J connectivity index is 2.66. The van der Waals surface area contributed by atoms with Gasteiger partial charge in [-0.05, 0) is 19.4 Å². The molecule has 1 rings (SSSR count). The van der Waals surface area contributed by atoms with Crippen LogP contribution in [-0.2, 0) is 25.0 Å². The quantitative estimate of drug-likeness (QED) is 0.633. The average molecular weight is 345 g/mol. The van der Waals surface area contributed by atoms with E-state index in [2.05, 4.69) is 5.32 Å². The van der Waals surface area contributed by atoms with E-state index >= 15 is 0 Å². The fraction of sp³-hybridized carbons (Fsp3) is 0.533. The van der Waals surface area contributed by atoms with Gasteiger partial charge in [-0.25, -0.2) is 4.79 Å². The number of carbonyl (C=O) groups excluding carboxylic acids is 1. The summed E-state index contributed by atoms with van der Waals surface area (Å²) in [5.41, 5.74) is 0.833. The van der Waals surface area contributed by atoms with E-state index in [1.807, 2.05) is 30.3 Å². The van der Waals surface area contributed by atoms with Crippen LogP contribution in [0.2, 0.25) is 0 Å². The van der Waals surface area contributed by atoms with Crippen LogP contribution in [0.5, 0.6) is 0 Å². The fourth-order valence-electron chi connectivity index (χ4n) is 1.91. The Morgan fingerprint density at radius 3 is 2.35 bits per heavy atom. The topological polar surface area (TPSA) is 94.1 Å². The number of rotatable bonds is 10. The van der Waals surface area contributed by atoms with Crippen LogP contribution in [0.25, 0.3) is 0 Å². The lowest BCUT2D eigenvalue weighted by Crippen LogP contribution is -2.37. The molecule has 0 spiro atoms. The van der Waals surface area contributed by atoms with E-state index in [1.54, 1.807) is 13.8 Å². The SMILES string of the molecule is CCOP(=O)(OCC)[C@H](CCO)NC(=O)OCc1ccccc1. The zero-order valence-corrected chi connectivity index (χ0v) is 14.3. The van der Waals surface area contributed by atoms with Gasteiger partial charge in [0.05, 0.1) is 13.2 Å². The Morgan fingerprint density at radius 2 is 1.83 bits per heavy atom. The summed E-state index contributed by atoms with van der Waals surface area (Å²) in [5.74, 6) is -0.962. The molecule has 8 heteroatoms. The molecule has 0 saturated carbocycles. The van der Waals surface area contributed by atoms with Gasteiger partial charge in [-0.3, -0.25) is 4.57 Å². The van der Waals surface area contributed by atoms with Crippen molar-refractivity contribution in [2.24, 2.45) is 0 Å². The number of benzene rings is 1. The second-order valence-electron chi connectivity index (χ2n) is 4.61. The van der Waals surface area contributed by atoms with E-state index in [9.17, 15) is 9.36 Å². The summed E-state index contributed by atoms with van der Waals surface area (Å²) in [5, 5.41) is 11.6. The van der Waals surface area contributed by atoms with E-state index < -0.39 is 19.5 Å². The van der Waals surface area contributed by atoms with Gasteiger partial charge in [0, 0.05) is 13.0 Å². The third kappa shape index (κ3) is 6.71. The van der Waals surface area contributed by atoms with Gasteiger partial charge in [-0.15, -0.1) is 0 Å². The summed E-state index contributed by atoms with van der Waals surface area (Å²) in [4.78, 5) is 11.9. The highest BCUT2D eigenvalue weighted by atomic mass is 31.2. The normalized spacial score (nSPS) is 12.7. The molecule has 1 aromatic rings. The van der Waals surface area contributed by atoms with Crippen molar-refractivity contribution in [2.75, 3.05) is 19.8 Å². The summed E-state index contributed by atoms with van der Waals surface area (Å²) in [6.45, 7) is 3.50. The number of aliphatic hydroxyl groups is 1. The first-order chi connectivity index (χ1) is 11.1. The molecular formula is C15H24NO6P. The van der Waals surface area contributed by atoms with Crippen molar-refractivity contribution in [3.05, 3.63) is 35.9 Å². The predicted molar refractivity (Wildman–Crippen MR) is 86.1 cm³/mol. The fourth-order valence-corrected chi connectivity index (χ4v) is 3.76. The van der Waals surface area contributed by atoms with Gasteiger partial charge >= 0.3 is 13.7 Å². The maximum Gasteiger partial charge on any atom is 0.408 e. The van der Waals surface area contributed by atoms with Gasteiger partial charge < -0.3 is 24.2 Å². The van der Waals surface area contributed by atoms with E-state index in [4.69, 9.17) is 18.9 Å². The molecule has 130 valence electrons. The number of aliphatic hydroxyl groups excluding tert-OH is 1. The molecular weight excluding hydrogens is 321 g/mol. The molecule has 0 fully saturated rings. The number of carbonyl (C=O) groups is 1.